The van der Waals surface area contributed by atoms with Crippen LogP contribution in [0, 0.1) is 0 Å². The molecule has 0 amide bonds. The van der Waals surface area contributed by atoms with E-state index in [1.807, 2.05) is 0 Å². The van der Waals surface area contributed by atoms with Crippen molar-refractivity contribution in [3.8, 4) is 0 Å². The fourth-order valence-corrected chi connectivity index (χ4v) is 2.95. The second-order valence-corrected chi connectivity index (χ2v) is 6.12. The van der Waals surface area contributed by atoms with Crippen LogP contribution >= 0.6 is 0 Å². The molecule has 2 aromatic carbocycles. The minimum atomic E-state index is 0. The Bertz CT molecular complexity index is 480. The molecule has 0 saturated carbocycles. The third kappa shape index (κ3) is 5.10. The van der Waals surface area contributed by atoms with E-state index in [4.69, 9.17) is 0 Å². The van der Waals surface area contributed by atoms with Crippen molar-refractivity contribution in [3.05, 3.63) is 71.8 Å². The predicted molar refractivity (Wildman–Crippen MR) is 90.2 cm³/mol. The summed E-state index contributed by atoms with van der Waals surface area (Å²) >= 11 is 0. The molecule has 0 unspecified atom stereocenters. The molecule has 0 aliphatic heterocycles. The molecular formula is C20H28IN. The first kappa shape index (κ1) is 19.2. The topological polar surface area (TPSA) is 27.6 Å². The van der Waals surface area contributed by atoms with E-state index < -0.39 is 0 Å². The van der Waals surface area contributed by atoms with Crippen LogP contribution in [0.4, 0.5) is 0 Å². The van der Waals surface area contributed by atoms with Crippen LogP contribution in [0.25, 0.3) is 0 Å². The summed E-state index contributed by atoms with van der Waals surface area (Å²) in [7, 11) is 0. The Morgan fingerprint density at radius 1 is 0.818 bits per heavy atom. The van der Waals surface area contributed by atoms with E-state index in [0.29, 0.717) is 5.92 Å². The molecule has 0 radical (unpaired) electrons. The Morgan fingerprint density at radius 2 is 1.23 bits per heavy atom. The van der Waals surface area contributed by atoms with Gasteiger partial charge in [-0.2, -0.15) is 0 Å². The largest absolute Gasteiger partial charge is 1.00 e. The fraction of sp³-hybridized carbons (Fsp3) is 0.400. The normalized spacial score (nSPS) is 11.3. The molecule has 0 aromatic heterocycles. The van der Waals surface area contributed by atoms with Gasteiger partial charge in [0.1, 0.15) is 0 Å². The summed E-state index contributed by atoms with van der Waals surface area (Å²) in [5.74, 6) is 0.478. The lowest BCUT2D eigenvalue weighted by Crippen LogP contribution is -3.00. The Hall–Kier alpha value is -0.870. The SMILES string of the molecule is CCC([NH3+])(CC)CCC(c1ccccc1)c1ccccc1.[I-]. The quantitative estimate of drug-likeness (QED) is 0.670. The molecule has 0 fully saturated rings. The summed E-state index contributed by atoms with van der Waals surface area (Å²) in [6.45, 7) is 4.52. The maximum atomic E-state index is 4.47. The summed E-state index contributed by atoms with van der Waals surface area (Å²) < 4.78 is 0. The van der Waals surface area contributed by atoms with Gasteiger partial charge in [-0.25, -0.2) is 0 Å². The Balaban J connectivity index is 0.00000242. The minimum Gasteiger partial charge on any atom is -1.00 e. The lowest BCUT2D eigenvalue weighted by atomic mass is 9.81. The monoisotopic (exact) mass is 409 g/mol. The average Bonchev–Trinajstić information content (AvgIpc) is 2.57. The van der Waals surface area contributed by atoms with Gasteiger partial charge in [0, 0.05) is 12.3 Å². The first-order valence-corrected chi connectivity index (χ1v) is 8.14. The van der Waals surface area contributed by atoms with Crippen molar-refractivity contribution in [2.75, 3.05) is 0 Å². The summed E-state index contributed by atoms with van der Waals surface area (Å²) in [5, 5.41) is 0. The van der Waals surface area contributed by atoms with Gasteiger partial charge in [0.25, 0.3) is 0 Å². The van der Waals surface area contributed by atoms with Gasteiger partial charge in [-0.15, -0.1) is 0 Å². The second-order valence-electron chi connectivity index (χ2n) is 6.12. The van der Waals surface area contributed by atoms with Gasteiger partial charge < -0.3 is 29.7 Å². The highest BCUT2D eigenvalue weighted by atomic mass is 127. The maximum Gasteiger partial charge on any atom is 0.0940 e. The summed E-state index contributed by atoms with van der Waals surface area (Å²) in [4.78, 5) is 0. The van der Waals surface area contributed by atoms with Gasteiger partial charge in [0.15, 0.2) is 0 Å². The average molecular weight is 409 g/mol. The predicted octanol–water partition coefficient (Wildman–Crippen LogP) is 1.40. The van der Waals surface area contributed by atoms with Gasteiger partial charge in [-0.3, -0.25) is 0 Å². The molecule has 1 nitrogen and oxygen atoms in total. The second kappa shape index (κ2) is 9.31. The van der Waals surface area contributed by atoms with Crippen molar-refractivity contribution < 1.29 is 29.7 Å². The minimum absolute atomic E-state index is 0. The standard InChI is InChI=1S/C20H27N.HI/c1-3-20(21,4-2)16-15-19(17-11-7-5-8-12-17)18-13-9-6-10-14-18;/h5-14,19H,3-4,15-16,21H2,1-2H3;1H. The van der Waals surface area contributed by atoms with Crippen LogP contribution in [0.3, 0.4) is 0 Å². The Kier molecular flexibility index (Phi) is 8.12. The molecule has 0 aliphatic carbocycles. The molecule has 2 rings (SSSR count). The molecule has 0 bridgehead atoms. The van der Waals surface area contributed by atoms with Crippen LogP contribution in [0.2, 0.25) is 0 Å². The third-order valence-electron chi connectivity index (χ3n) is 4.87. The van der Waals surface area contributed by atoms with Crippen molar-refractivity contribution in [1.29, 1.82) is 0 Å². The lowest BCUT2D eigenvalue weighted by Gasteiger charge is -2.26. The van der Waals surface area contributed by atoms with E-state index >= 15 is 0 Å². The third-order valence-corrected chi connectivity index (χ3v) is 4.87. The zero-order chi connectivity index (χ0) is 15.1. The first-order valence-electron chi connectivity index (χ1n) is 8.14. The smallest absolute Gasteiger partial charge is 0.0940 e. The lowest BCUT2D eigenvalue weighted by molar-refractivity contribution is -0.481. The number of hydrogen-bond donors (Lipinski definition) is 1. The van der Waals surface area contributed by atoms with Gasteiger partial charge in [0.2, 0.25) is 0 Å². The van der Waals surface area contributed by atoms with Crippen LogP contribution in [0.5, 0.6) is 0 Å². The zero-order valence-electron chi connectivity index (χ0n) is 13.8. The van der Waals surface area contributed by atoms with Crippen molar-refractivity contribution >= 4 is 0 Å². The van der Waals surface area contributed by atoms with Crippen molar-refractivity contribution in [2.45, 2.75) is 51.0 Å². The number of benzene rings is 2. The molecule has 2 aromatic rings. The van der Waals surface area contributed by atoms with E-state index in [1.54, 1.807) is 0 Å². The molecular weight excluding hydrogens is 381 g/mol. The van der Waals surface area contributed by atoms with Gasteiger partial charge >= 0.3 is 0 Å². The van der Waals surface area contributed by atoms with Crippen LogP contribution in [0.1, 0.15) is 56.6 Å². The van der Waals surface area contributed by atoms with Gasteiger partial charge in [-0.1, -0.05) is 74.5 Å². The molecule has 22 heavy (non-hydrogen) atoms. The van der Waals surface area contributed by atoms with E-state index in [2.05, 4.69) is 80.2 Å². The van der Waals surface area contributed by atoms with E-state index in [0.717, 1.165) is 12.8 Å². The first-order chi connectivity index (χ1) is 10.2. The Labute approximate surface area is 152 Å². The summed E-state index contributed by atoms with van der Waals surface area (Å²) in [6.07, 6.45) is 4.65. The van der Waals surface area contributed by atoms with Crippen molar-refractivity contribution in [2.24, 2.45) is 0 Å². The highest BCUT2D eigenvalue weighted by Gasteiger charge is 2.26. The molecule has 0 spiro atoms. The van der Waals surface area contributed by atoms with Gasteiger partial charge in [-0.05, 0) is 30.4 Å². The van der Waals surface area contributed by atoms with Crippen LogP contribution < -0.4 is 29.7 Å². The van der Waals surface area contributed by atoms with E-state index in [9.17, 15) is 0 Å². The molecule has 3 N–H and O–H groups in total. The Morgan fingerprint density at radius 3 is 1.59 bits per heavy atom. The molecule has 0 saturated heterocycles. The van der Waals surface area contributed by atoms with Crippen molar-refractivity contribution in [3.63, 3.8) is 0 Å². The number of halogens is 1. The van der Waals surface area contributed by atoms with Crippen LogP contribution in [-0.2, 0) is 0 Å². The highest BCUT2D eigenvalue weighted by molar-refractivity contribution is 5.32. The van der Waals surface area contributed by atoms with Crippen LogP contribution in [-0.4, -0.2) is 5.54 Å². The molecule has 120 valence electrons. The van der Waals surface area contributed by atoms with E-state index in [-0.39, 0.29) is 29.5 Å². The highest BCUT2D eigenvalue weighted by Crippen LogP contribution is 2.31. The summed E-state index contributed by atoms with van der Waals surface area (Å²) in [5.41, 5.74) is 7.52. The maximum absolute atomic E-state index is 4.47. The molecule has 0 heterocycles. The van der Waals surface area contributed by atoms with Crippen LogP contribution in [0.15, 0.2) is 60.7 Å². The summed E-state index contributed by atoms with van der Waals surface area (Å²) in [6, 6.07) is 21.8. The molecule has 2 heteroatoms. The zero-order valence-corrected chi connectivity index (χ0v) is 15.9. The van der Waals surface area contributed by atoms with E-state index in [1.165, 1.54) is 24.0 Å². The fourth-order valence-electron chi connectivity index (χ4n) is 2.95. The van der Waals surface area contributed by atoms with Gasteiger partial charge in [0.05, 0.1) is 5.54 Å². The van der Waals surface area contributed by atoms with Crippen molar-refractivity contribution in [1.82, 2.24) is 0 Å². The molecule has 0 aliphatic rings. The number of rotatable bonds is 7. The molecule has 0 atom stereocenters. The number of quaternary nitrogens is 1. The number of hydrogen-bond acceptors (Lipinski definition) is 0.